The van der Waals surface area contributed by atoms with Crippen LogP contribution in [0.2, 0.25) is 0 Å². The first-order chi connectivity index (χ1) is 18.0. The molecule has 0 bridgehead atoms. The number of rotatable bonds is 6. The van der Waals surface area contributed by atoms with Gasteiger partial charge in [-0.15, -0.1) is 0 Å². The van der Waals surface area contributed by atoms with E-state index >= 15 is 0 Å². The summed E-state index contributed by atoms with van der Waals surface area (Å²) in [7, 11) is 2.82. The molecule has 1 N–H and O–H groups in total. The second-order valence-electron chi connectivity index (χ2n) is 8.50. The summed E-state index contributed by atoms with van der Waals surface area (Å²) < 4.78 is 58.3. The molecule has 0 saturated carbocycles. The van der Waals surface area contributed by atoms with Crippen LogP contribution in [-0.2, 0) is 14.3 Å². The smallest absolute Gasteiger partial charge is 0.421 e. The van der Waals surface area contributed by atoms with Gasteiger partial charge in [0, 0.05) is 12.6 Å². The average molecular weight is 535 g/mol. The van der Waals surface area contributed by atoms with E-state index in [0.29, 0.717) is 49.4 Å². The first-order valence-corrected chi connectivity index (χ1v) is 11.4. The highest BCUT2D eigenvalue weighted by atomic mass is 19.4. The highest BCUT2D eigenvalue weighted by Crippen LogP contribution is 2.43. The van der Waals surface area contributed by atoms with Crippen molar-refractivity contribution in [1.29, 1.82) is 0 Å². The number of morpholine rings is 1. The maximum Gasteiger partial charge on any atom is 0.421 e. The monoisotopic (exact) mass is 535 g/mol. The molecular formula is C24H24F3N5O6. The van der Waals surface area contributed by atoms with Gasteiger partial charge in [0.2, 0.25) is 5.54 Å². The Hall–Kier alpha value is -4.04. The molecule has 1 aromatic carbocycles. The lowest BCUT2D eigenvalue weighted by Gasteiger charge is -2.31. The molecule has 4 amide bonds. The van der Waals surface area contributed by atoms with Crippen LogP contribution in [0.4, 0.5) is 23.8 Å². The molecule has 38 heavy (non-hydrogen) atoms. The van der Waals surface area contributed by atoms with Crippen LogP contribution >= 0.6 is 0 Å². The Morgan fingerprint density at radius 1 is 1.18 bits per heavy atom. The van der Waals surface area contributed by atoms with Crippen molar-refractivity contribution >= 4 is 29.7 Å². The third-order valence-electron chi connectivity index (χ3n) is 6.21. The fraction of sp³-hybridized carbons (Fsp3) is 0.375. The van der Waals surface area contributed by atoms with Crippen molar-refractivity contribution in [2.45, 2.75) is 24.7 Å². The fourth-order valence-electron chi connectivity index (χ4n) is 4.04. The highest BCUT2D eigenvalue weighted by Gasteiger charge is 2.71. The molecule has 2 fully saturated rings. The number of nitrogens with one attached hydrogen (secondary N) is 1. The number of carbonyl (C=O) groups is 3. The van der Waals surface area contributed by atoms with Crippen LogP contribution in [0.5, 0.6) is 11.5 Å². The number of carbonyl (C=O) groups excluding carboxylic acids is 3. The van der Waals surface area contributed by atoms with Gasteiger partial charge in [-0.05, 0) is 30.7 Å². The van der Waals surface area contributed by atoms with Crippen LogP contribution < -0.4 is 19.7 Å². The van der Waals surface area contributed by atoms with Gasteiger partial charge in [-0.3, -0.25) is 14.6 Å². The third kappa shape index (κ3) is 4.67. The predicted octanol–water partition coefficient (Wildman–Crippen LogP) is 2.48. The van der Waals surface area contributed by atoms with E-state index in [2.05, 4.69) is 15.3 Å². The lowest BCUT2D eigenvalue weighted by Crippen LogP contribution is -2.59. The zero-order chi connectivity index (χ0) is 27.7. The first-order valence-electron chi connectivity index (χ1n) is 11.4. The van der Waals surface area contributed by atoms with Crippen molar-refractivity contribution in [2.75, 3.05) is 38.9 Å². The molecule has 0 spiro atoms. The minimum atomic E-state index is -5.28. The second kappa shape index (κ2) is 10.4. The van der Waals surface area contributed by atoms with E-state index in [0.717, 1.165) is 12.3 Å². The normalized spacial score (nSPS) is 22.3. The van der Waals surface area contributed by atoms with Crippen LogP contribution in [0.3, 0.4) is 0 Å². The molecule has 14 heteroatoms. The number of alkyl halides is 3. The zero-order valence-electron chi connectivity index (χ0n) is 20.6. The van der Waals surface area contributed by atoms with Crippen molar-refractivity contribution in [1.82, 2.24) is 20.2 Å². The number of ether oxygens (including phenoxy) is 3. The lowest BCUT2D eigenvalue weighted by atomic mass is 9.99. The number of nitrogens with zero attached hydrogens (tertiary/aromatic N) is 4. The molecule has 2 atom stereocenters. The minimum Gasteiger partial charge on any atom is -0.493 e. The fourth-order valence-corrected chi connectivity index (χ4v) is 4.04. The van der Waals surface area contributed by atoms with Crippen molar-refractivity contribution in [2.24, 2.45) is 0 Å². The van der Waals surface area contributed by atoms with Crippen LogP contribution in [0, 0.1) is 0 Å². The van der Waals surface area contributed by atoms with Gasteiger partial charge < -0.3 is 19.5 Å². The zero-order valence-corrected chi connectivity index (χ0v) is 20.6. The summed E-state index contributed by atoms with van der Waals surface area (Å²) in [5.41, 5.74) is -2.68. The molecule has 2 unspecified atom stereocenters. The van der Waals surface area contributed by atoms with Crippen LogP contribution in [0.15, 0.2) is 36.7 Å². The highest BCUT2D eigenvalue weighted by molar-refractivity contribution is 6.28. The van der Waals surface area contributed by atoms with E-state index in [1.54, 1.807) is 0 Å². The first kappa shape index (κ1) is 27.0. The van der Waals surface area contributed by atoms with E-state index in [1.807, 2.05) is 0 Å². The van der Waals surface area contributed by atoms with Crippen molar-refractivity contribution in [3.05, 3.63) is 47.9 Å². The predicted molar refractivity (Wildman–Crippen MR) is 126 cm³/mol. The number of hydrogen-bond donors (Lipinski definition) is 1. The summed E-state index contributed by atoms with van der Waals surface area (Å²) >= 11 is 0. The van der Waals surface area contributed by atoms with E-state index in [9.17, 15) is 27.6 Å². The molecule has 4 rings (SSSR count). The molecule has 202 valence electrons. The average Bonchev–Trinajstić information content (AvgIpc) is 3.13. The van der Waals surface area contributed by atoms with E-state index in [4.69, 9.17) is 14.2 Å². The Bertz CT molecular complexity index is 1260. The number of urea groups is 1. The number of methoxy groups -OCH3 is 2. The lowest BCUT2D eigenvalue weighted by molar-refractivity contribution is -0.209. The number of aromatic nitrogens is 2. The quantitative estimate of drug-likeness (QED) is 0.439. The summed E-state index contributed by atoms with van der Waals surface area (Å²) in [6, 6.07) is 2.74. The van der Waals surface area contributed by atoms with Crippen molar-refractivity contribution in [3.8, 4) is 11.5 Å². The van der Waals surface area contributed by atoms with Crippen molar-refractivity contribution < 1.29 is 41.8 Å². The molecule has 11 nitrogen and oxygen atoms in total. The number of hydrogen-bond acceptors (Lipinski definition) is 9. The number of imide groups is 2. The van der Waals surface area contributed by atoms with Gasteiger partial charge in [-0.2, -0.15) is 13.2 Å². The molecule has 2 saturated heterocycles. The molecule has 2 aliphatic heterocycles. The largest absolute Gasteiger partial charge is 0.493 e. The van der Waals surface area contributed by atoms with Gasteiger partial charge in [-0.1, -0.05) is 6.07 Å². The van der Waals surface area contributed by atoms with Gasteiger partial charge in [0.05, 0.1) is 51.6 Å². The van der Waals surface area contributed by atoms with E-state index in [1.165, 1.54) is 44.7 Å². The van der Waals surface area contributed by atoms with E-state index < -0.39 is 35.4 Å². The van der Waals surface area contributed by atoms with Gasteiger partial charge in [-0.25, -0.2) is 19.6 Å². The molecule has 0 aliphatic carbocycles. The Labute approximate surface area is 215 Å². The molecule has 2 aliphatic rings. The molecule has 2 aromatic rings. The number of halogens is 3. The van der Waals surface area contributed by atoms with Gasteiger partial charge in [0.15, 0.2) is 17.3 Å². The number of amides is 4. The third-order valence-corrected chi connectivity index (χ3v) is 6.21. The minimum absolute atomic E-state index is 0.126. The molecular weight excluding hydrogens is 511 g/mol. The maximum atomic E-state index is 14.2. The Balaban J connectivity index is 1.64. The topological polar surface area (TPSA) is 123 Å². The molecule has 0 radical (unpaired) electrons. The Kier molecular flexibility index (Phi) is 7.37. The SMILES string of the molecule is COc1ccc(/C=C/C(=O)N2C(=O)N(c3cnc(C4COCCN4)cn3)C(=O)C2(C)C(F)(F)F)cc1OC. The van der Waals surface area contributed by atoms with Gasteiger partial charge >= 0.3 is 12.2 Å². The Morgan fingerprint density at radius 3 is 2.50 bits per heavy atom. The summed E-state index contributed by atoms with van der Waals surface area (Å²) in [5, 5.41) is 3.14. The van der Waals surface area contributed by atoms with E-state index in [-0.39, 0.29) is 15.8 Å². The summed E-state index contributed by atoms with van der Waals surface area (Å²) in [6.45, 7) is 1.85. The summed E-state index contributed by atoms with van der Waals surface area (Å²) in [4.78, 5) is 47.4. The van der Waals surface area contributed by atoms with Crippen LogP contribution in [0.1, 0.15) is 24.2 Å². The van der Waals surface area contributed by atoms with Crippen LogP contribution in [-0.4, -0.2) is 78.4 Å². The van der Waals surface area contributed by atoms with Crippen LogP contribution in [0.25, 0.3) is 6.08 Å². The number of benzene rings is 1. The maximum absolute atomic E-state index is 14.2. The summed E-state index contributed by atoms with van der Waals surface area (Å²) in [6.07, 6.45) is -1.09. The standard InChI is InChI=1S/C24H24F3N5O6/c1-23(24(25,26)27)21(34)31(19-12-29-15(11-30-19)16-13-38-9-8-28-16)22(35)32(23)20(33)7-5-14-4-6-17(36-2)18(10-14)37-3/h4-7,10-12,16,28H,8-9,13H2,1-3H3/b7-5+. The number of anilines is 1. The van der Waals surface area contributed by atoms with Gasteiger partial charge in [0.25, 0.3) is 11.8 Å². The van der Waals surface area contributed by atoms with Gasteiger partial charge in [0.1, 0.15) is 0 Å². The molecule has 3 heterocycles. The second-order valence-corrected chi connectivity index (χ2v) is 8.50. The Morgan fingerprint density at radius 2 is 1.92 bits per heavy atom. The molecule has 1 aromatic heterocycles. The van der Waals surface area contributed by atoms with Crippen molar-refractivity contribution in [3.63, 3.8) is 0 Å². The summed E-state index contributed by atoms with van der Waals surface area (Å²) in [5.74, 6) is -2.76.